The molecule has 344 valence electrons. The van der Waals surface area contributed by atoms with E-state index in [1.807, 2.05) is 12.3 Å². The smallest absolute Gasteiger partial charge is 0.269 e. The van der Waals surface area contributed by atoms with Crippen LogP contribution in [0.2, 0.25) is 0 Å². The average molecular weight is 903 g/mol. The Labute approximate surface area is 408 Å². The zero-order valence-corrected chi connectivity index (χ0v) is 41.7. The minimum atomic E-state index is -0.244. The van der Waals surface area contributed by atoms with E-state index in [1.54, 1.807) is 0 Å². The molecule has 0 saturated heterocycles. The standard InChI is InChI=1S/C64H62N4O/c1-61(2,3)55-40-53(41-57-60(55)54-31-20-21-32-56(54)68(57)59-38-48(33-34-65-59)63(7,8)46-25-16-12-17-26-46)69-52-30-22-29-50(39-52)67-43-66(42-58(67)62(4,5)6)51-36-45(44-23-14-11-15-24-44)35-49(37-51)64(9,10)47-27-18-13-19-28-47/h11-42H,1-10H3. The van der Waals surface area contributed by atoms with Gasteiger partial charge in [0.25, 0.3) is 6.33 Å². The van der Waals surface area contributed by atoms with Gasteiger partial charge in [-0.3, -0.25) is 13.7 Å². The van der Waals surface area contributed by atoms with Gasteiger partial charge in [-0.25, -0.2) is 4.98 Å². The number of rotatable bonds is 10. The van der Waals surface area contributed by atoms with Crippen LogP contribution in [0.5, 0.6) is 11.5 Å². The van der Waals surface area contributed by atoms with Crippen molar-refractivity contribution >= 4 is 21.8 Å². The van der Waals surface area contributed by atoms with E-state index in [0.29, 0.717) is 0 Å². The van der Waals surface area contributed by atoms with Crippen molar-refractivity contribution in [2.24, 2.45) is 0 Å². The molecular formula is C64H62N4O. The van der Waals surface area contributed by atoms with Gasteiger partial charge in [0.05, 0.1) is 28.1 Å². The molecule has 0 amide bonds. The maximum absolute atomic E-state index is 7.02. The van der Waals surface area contributed by atoms with Crippen LogP contribution in [0.25, 0.3) is 50.1 Å². The number of para-hydroxylation sites is 1. The summed E-state index contributed by atoms with van der Waals surface area (Å²) in [6.07, 6.45) is 7.98. The monoisotopic (exact) mass is 902 g/mol. The summed E-state index contributed by atoms with van der Waals surface area (Å²) < 4.78 is 13.7. The third kappa shape index (κ3) is 8.56. The molecule has 5 nitrogen and oxygen atoms in total. The van der Waals surface area contributed by atoms with Crippen LogP contribution in [0.3, 0.4) is 0 Å². The Morgan fingerprint density at radius 3 is 1.80 bits per heavy atom. The molecular weight excluding hydrogens is 841 g/mol. The van der Waals surface area contributed by atoms with Crippen LogP contribution in [0.15, 0.2) is 194 Å². The molecule has 0 aliphatic rings. The van der Waals surface area contributed by atoms with Crippen molar-refractivity contribution in [2.75, 3.05) is 0 Å². The third-order valence-electron chi connectivity index (χ3n) is 14.0. The fraction of sp³-hybridized carbons (Fsp3) is 0.219. The topological polar surface area (TPSA) is 35.9 Å². The van der Waals surface area contributed by atoms with Gasteiger partial charge in [-0.05, 0) is 104 Å². The van der Waals surface area contributed by atoms with Crippen molar-refractivity contribution in [1.82, 2.24) is 14.1 Å². The third-order valence-corrected chi connectivity index (χ3v) is 14.0. The first-order valence-corrected chi connectivity index (χ1v) is 24.2. The number of benzene rings is 7. The summed E-state index contributed by atoms with van der Waals surface area (Å²) >= 11 is 0. The second-order valence-electron chi connectivity index (χ2n) is 21.7. The lowest BCUT2D eigenvalue weighted by Gasteiger charge is -2.27. The molecule has 0 aliphatic heterocycles. The lowest BCUT2D eigenvalue weighted by molar-refractivity contribution is -0.599. The molecule has 7 aromatic carbocycles. The van der Waals surface area contributed by atoms with Crippen LogP contribution in [0.4, 0.5) is 0 Å². The molecule has 0 fully saturated rings. The van der Waals surface area contributed by atoms with Crippen LogP contribution in [0.1, 0.15) is 103 Å². The quantitative estimate of drug-likeness (QED) is 0.101. The van der Waals surface area contributed by atoms with Gasteiger partial charge in [-0.15, -0.1) is 0 Å². The number of nitrogens with zero attached hydrogens (tertiary/aromatic N) is 4. The van der Waals surface area contributed by atoms with Gasteiger partial charge in [0.2, 0.25) is 0 Å². The summed E-state index contributed by atoms with van der Waals surface area (Å²) in [6, 6.07) is 65.1. The lowest BCUT2D eigenvalue weighted by Crippen LogP contribution is -2.30. The van der Waals surface area contributed by atoms with E-state index in [2.05, 4.69) is 271 Å². The molecule has 3 heterocycles. The summed E-state index contributed by atoms with van der Waals surface area (Å²) in [5.41, 5.74) is 12.9. The lowest BCUT2D eigenvalue weighted by atomic mass is 9.77. The average Bonchev–Trinajstić information content (AvgIpc) is 3.96. The minimum absolute atomic E-state index is 0.192. The van der Waals surface area contributed by atoms with Gasteiger partial charge in [-0.2, -0.15) is 0 Å². The van der Waals surface area contributed by atoms with E-state index >= 15 is 0 Å². The van der Waals surface area contributed by atoms with E-state index < -0.39 is 0 Å². The Hall–Kier alpha value is -7.50. The summed E-state index contributed by atoms with van der Waals surface area (Å²) in [7, 11) is 0. The normalized spacial score (nSPS) is 12.5. The number of hydrogen-bond donors (Lipinski definition) is 0. The Bertz CT molecular complexity index is 3470. The van der Waals surface area contributed by atoms with E-state index in [0.717, 1.165) is 45.4 Å². The molecule has 0 bridgehead atoms. The largest absolute Gasteiger partial charge is 0.458 e. The van der Waals surface area contributed by atoms with E-state index in [1.165, 1.54) is 49.7 Å². The summed E-state index contributed by atoms with van der Waals surface area (Å²) in [4.78, 5) is 5.06. The van der Waals surface area contributed by atoms with Crippen LogP contribution >= 0.6 is 0 Å². The highest BCUT2D eigenvalue weighted by Gasteiger charge is 2.29. The number of fused-ring (bicyclic) bond motifs is 3. The van der Waals surface area contributed by atoms with Crippen LogP contribution in [-0.4, -0.2) is 14.1 Å². The SMILES string of the molecule is CC(C)(C)c1cc(Oc2cccc(-n3[c-][n+](-c4cc(-c5ccccc5)cc(C(C)(C)c5ccccc5)c4)cc3C(C)(C)C)c2)cc2c1c1ccccc1n2-c1cc(C(C)(C)c2ccccc2)ccn1. The van der Waals surface area contributed by atoms with Crippen molar-refractivity contribution in [3.8, 4) is 39.8 Å². The fourth-order valence-corrected chi connectivity index (χ4v) is 9.90. The highest BCUT2D eigenvalue weighted by atomic mass is 16.5. The molecule has 0 saturated carbocycles. The molecule has 10 aromatic rings. The van der Waals surface area contributed by atoms with Crippen molar-refractivity contribution < 1.29 is 9.30 Å². The maximum Gasteiger partial charge on any atom is 0.269 e. The molecule has 0 N–H and O–H groups in total. The first-order chi connectivity index (χ1) is 33.0. The van der Waals surface area contributed by atoms with Gasteiger partial charge >= 0.3 is 0 Å². The number of aromatic nitrogens is 4. The molecule has 0 aliphatic carbocycles. The predicted molar refractivity (Wildman–Crippen MR) is 285 cm³/mol. The van der Waals surface area contributed by atoms with Gasteiger partial charge in [-0.1, -0.05) is 191 Å². The zero-order valence-electron chi connectivity index (χ0n) is 41.7. The number of ether oxygens (including phenoxy) is 1. The number of imidazole rings is 1. The Morgan fingerprint density at radius 1 is 0.493 bits per heavy atom. The minimum Gasteiger partial charge on any atom is -0.458 e. The second-order valence-corrected chi connectivity index (χ2v) is 21.7. The Morgan fingerprint density at radius 2 is 1.13 bits per heavy atom. The summed E-state index contributed by atoms with van der Waals surface area (Å²) in [5.74, 6) is 2.38. The first kappa shape index (κ1) is 45.3. The van der Waals surface area contributed by atoms with E-state index in [-0.39, 0.29) is 21.7 Å². The van der Waals surface area contributed by atoms with E-state index in [9.17, 15) is 0 Å². The number of pyridine rings is 1. The zero-order chi connectivity index (χ0) is 48.3. The van der Waals surface area contributed by atoms with Crippen molar-refractivity contribution in [1.29, 1.82) is 0 Å². The second kappa shape index (κ2) is 17.2. The van der Waals surface area contributed by atoms with Crippen molar-refractivity contribution in [3.05, 3.63) is 234 Å². The molecule has 0 unspecified atom stereocenters. The predicted octanol–water partition coefficient (Wildman–Crippen LogP) is 15.8. The van der Waals surface area contributed by atoms with Gasteiger partial charge < -0.3 is 4.74 Å². The molecule has 10 rings (SSSR count). The summed E-state index contributed by atoms with van der Waals surface area (Å²) in [5, 5.41) is 2.40. The molecule has 0 atom stereocenters. The van der Waals surface area contributed by atoms with Crippen molar-refractivity contribution in [2.45, 2.75) is 90.9 Å². The first-order valence-electron chi connectivity index (χ1n) is 24.2. The maximum atomic E-state index is 7.02. The molecule has 5 heteroatoms. The van der Waals surface area contributed by atoms with Gasteiger partial charge in [0, 0.05) is 40.1 Å². The highest BCUT2D eigenvalue weighted by Crippen LogP contribution is 2.43. The van der Waals surface area contributed by atoms with Crippen LogP contribution in [0, 0.1) is 6.33 Å². The fourth-order valence-electron chi connectivity index (χ4n) is 9.90. The Kier molecular flexibility index (Phi) is 11.3. The molecule has 0 spiro atoms. The Balaban J connectivity index is 1.08. The molecule has 69 heavy (non-hydrogen) atoms. The van der Waals surface area contributed by atoms with Crippen molar-refractivity contribution in [3.63, 3.8) is 0 Å². The summed E-state index contributed by atoms with van der Waals surface area (Å²) in [6.45, 7) is 22.8. The van der Waals surface area contributed by atoms with Gasteiger partial charge in [0.15, 0.2) is 0 Å². The van der Waals surface area contributed by atoms with Crippen LogP contribution < -0.4 is 9.30 Å². The number of hydrogen-bond acceptors (Lipinski definition) is 2. The highest BCUT2D eigenvalue weighted by molar-refractivity contribution is 6.11. The van der Waals surface area contributed by atoms with E-state index in [4.69, 9.17) is 9.72 Å². The molecule has 3 aromatic heterocycles. The van der Waals surface area contributed by atoms with Gasteiger partial charge in [0.1, 0.15) is 17.3 Å². The molecule has 0 radical (unpaired) electrons. The van der Waals surface area contributed by atoms with Crippen LogP contribution in [-0.2, 0) is 21.7 Å².